The van der Waals surface area contributed by atoms with Crippen molar-refractivity contribution in [1.29, 1.82) is 0 Å². The summed E-state index contributed by atoms with van der Waals surface area (Å²) in [5, 5.41) is 2.97. The summed E-state index contributed by atoms with van der Waals surface area (Å²) in [5.41, 5.74) is 7.81. The normalized spacial score (nSPS) is 12.1. The Hall–Kier alpha value is -2.56. The molecule has 23 heavy (non-hydrogen) atoms. The van der Waals surface area contributed by atoms with E-state index < -0.39 is 0 Å². The number of aryl methyl sites for hydroxylation is 1. The maximum atomic E-state index is 6.02. The van der Waals surface area contributed by atoms with Gasteiger partial charge in [0.15, 0.2) is 5.96 Å². The molecular weight excluding hydrogens is 288 g/mol. The van der Waals surface area contributed by atoms with Crippen LogP contribution in [0.3, 0.4) is 0 Å². The van der Waals surface area contributed by atoms with Crippen molar-refractivity contribution < 1.29 is 4.74 Å². The van der Waals surface area contributed by atoms with Gasteiger partial charge in [-0.3, -0.25) is 0 Å². The van der Waals surface area contributed by atoms with Gasteiger partial charge in [0.05, 0.1) is 6.54 Å². The summed E-state index contributed by atoms with van der Waals surface area (Å²) in [6.07, 6.45) is 1.70. The summed E-state index contributed by atoms with van der Waals surface area (Å²) in [4.78, 5) is 8.53. The highest BCUT2D eigenvalue weighted by molar-refractivity contribution is 5.91. The highest BCUT2D eigenvalue weighted by Crippen LogP contribution is 2.25. The molecule has 0 aliphatic carbocycles. The SMILES string of the molecule is Cc1ccc(CN=C(N)Nc2ccccn2)c(OC(C)(C)C)c1. The van der Waals surface area contributed by atoms with E-state index in [1.807, 2.05) is 64.1 Å². The highest BCUT2D eigenvalue weighted by atomic mass is 16.5. The van der Waals surface area contributed by atoms with Crippen LogP contribution in [0.4, 0.5) is 5.82 Å². The first-order valence-corrected chi connectivity index (χ1v) is 7.60. The van der Waals surface area contributed by atoms with Crippen LogP contribution in [0.5, 0.6) is 5.75 Å². The Morgan fingerprint density at radius 3 is 2.70 bits per heavy atom. The minimum Gasteiger partial charge on any atom is -0.488 e. The molecule has 3 N–H and O–H groups in total. The molecular formula is C18H24N4O. The van der Waals surface area contributed by atoms with E-state index in [0.29, 0.717) is 18.3 Å². The first kappa shape index (κ1) is 16.8. The second-order valence-corrected chi connectivity index (χ2v) is 6.37. The minimum atomic E-state index is -0.260. The Kier molecular flexibility index (Phi) is 5.21. The van der Waals surface area contributed by atoms with Crippen molar-refractivity contribution in [1.82, 2.24) is 4.98 Å². The maximum Gasteiger partial charge on any atom is 0.194 e. The Labute approximate surface area is 137 Å². The van der Waals surface area contributed by atoms with Crippen LogP contribution in [-0.4, -0.2) is 16.5 Å². The molecule has 0 unspecified atom stereocenters. The molecule has 0 bridgehead atoms. The molecule has 0 amide bonds. The molecule has 1 aromatic carbocycles. The van der Waals surface area contributed by atoms with Crippen molar-refractivity contribution >= 4 is 11.8 Å². The standard InChI is InChI=1S/C18H24N4O/c1-13-8-9-14(15(11-13)23-18(2,3)4)12-21-17(19)22-16-7-5-6-10-20-16/h5-11H,12H2,1-4H3,(H3,19,20,21,22). The number of hydrogen-bond acceptors (Lipinski definition) is 3. The molecule has 5 nitrogen and oxygen atoms in total. The number of rotatable bonds is 4. The Morgan fingerprint density at radius 2 is 2.04 bits per heavy atom. The summed E-state index contributed by atoms with van der Waals surface area (Å²) in [6.45, 7) is 8.56. The second kappa shape index (κ2) is 7.13. The third kappa shape index (κ3) is 5.62. The summed E-state index contributed by atoms with van der Waals surface area (Å²) in [7, 11) is 0. The first-order valence-electron chi connectivity index (χ1n) is 7.60. The Bertz CT molecular complexity index is 675. The van der Waals surface area contributed by atoms with E-state index in [1.165, 1.54) is 0 Å². The maximum absolute atomic E-state index is 6.02. The highest BCUT2D eigenvalue weighted by Gasteiger charge is 2.14. The lowest BCUT2D eigenvalue weighted by Crippen LogP contribution is -2.24. The number of nitrogens with zero attached hydrogens (tertiary/aromatic N) is 2. The average molecular weight is 312 g/mol. The van der Waals surface area contributed by atoms with Crippen molar-refractivity contribution in [2.45, 2.75) is 39.8 Å². The van der Waals surface area contributed by atoms with Crippen LogP contribution in [0.25, 0.3) is 0 Å². The van der Waals surface area contributed by atoms with Crippen molar-refractivity contribution in [2.75, 3.05) is 5.32 Å². The smallest absolute Gasteiger partial charge is 0.194 e. The lowest BCUT2D eigenvalue weighted by atomic mass is 10.1. The summed E-state index contributed by atoms with van der Waals surface area (Å²) in [6, 6.07) is 11.7. The fourth-order valence-corrected chi connectivity index (χ4v) is 2.00. The summed E-state index contributed by atoms with van der Waals surface area (Å²) in [5.74, 6) is 1.83. The number of benzene rings is 1. The molecule has 0 atom stereocenters. The van der Waals surface area contributed by atoms with Crippen molar-refractivity contribution in [3.63, 3.8) is 0 Å². The molecule has 5 heteroatoms. The number of aromatic nitrogens is 1. The quantitative estimate of drug-likeness (QED) is 0.669. The van der Waals surface area contributed by atoms with Crippen LogP contribution < -0.4 is 15.8 Å². The van der Waals surface area contributed by atoms with Crippen LogP contribution >= 0.6 is 0 Å². The molecule has 0 aliphatic rings. The van der Waals surface area contributed by atoms with Gasteiger partial charge in [-0.1, -0.05) is 18.2 Å². The zero-order valence-electron chi connectivity index (χ0n) is 14.1. The Morgan fingerprint density at radius 1 is 1.26 bits per heavy atom. The third-order valence-electron chi connectivity index (χ3n) is 2.98. The van der Waals surface area contributed by atoms with E-state index in [1.54, 1.807) is 6.20 Å². The van der Waals surface area contributed by atoms with E-state index in [4.69, 9.17) is 10.5 Å². The van der Waals surface area contributed by atoms with Crippen LogP contribution in [-0.2, 0) is 6.54 Å². The number of ether oxygens (including phenoxy) is 1. The fraction of sp³-hybridized carbons (Fsp3) is 0.333. The van der Waals surface area contributed by atoms with Gasteiger partial charge in [-0.25, -0.2) is 9.98 Å². The van der Waals surface area contributed by atoms with Gasteiger partial charge >= 0.3 is 0 Å². The van der Waals surface area contributed by atoms with E-state index >= 15 is 0 Å². The van der Waals surface area contributed by atoms with E-state index in [2.05, 4.69) is 15.3 Å². The molecule has 1 aromatic heterocycles. The lowest BCUT2D eigenvalue weighted by molar-refractivity contribution is 0.129. The number of nitrogens with one attached hydrogen (secondary N) is 1. The molecule has 0 saturated carbocycles. The topological polar surface area (TPSA) is 72.5 Å². The van der Waals surface area contributed by atoms with Crippen molar-refractivity contribution in [3.8, 4) is 5.75 Å². The fourth-order valence-electron chi connectivity index (χ4n) is 2.00. The van der Waals surface area contributed by atoms with E-state index in [9.17, 15) is 0 Å². The van der Waals surface area contributed by atoms with Gasteiger partial charge in [-0.15, -0.1) is 0 Å². The predicted molar refractivity (Wildman–Crippen MR) is 94.7 cm³/mol. The lowest BCUT2D eigenvalue weighted by Gasteiger charge is -2.23. The molecule has 2 rings (SSSR count). The average Bonchev–Trinajstić information content (AvgIpc) is 2.46. The largest absolute Gasteiger partial charge is 0.488 e. The van der Waals surface area contributed by atoms with Gasteiger partial charge in [0, 0.05) is 11.8 Å². The number of hydrogen-bond donors (Lipinski definition) is 2. The molecule has 122 valence electrons. The molecule has 0 radical (unpaired) electrons. The molecule has 0 saturated heterocycles. The summed E-state index contributed by atoms with van der Waals surface area (Å²) >= 11 is 0. The number of guanidine groups is 1. The second-order valence-electron chi connectivity index (χ2n) is 6.37. The molecule has 2 aromatic rings. The van der Waals surface area contributed by atoms with Gasteiger partial charge in [-0.05, 0) is 51.5 Å². The number of nitrogens with two attached hydrogens (primary N) is 1. The zero-order valence-corrected chi connectivity index (χ0v) is 14.1. The van der Waals surface area contributed by atoms with Crippen molar-refractivity contribution in [3.05, 3.63) is 53.7 Å². The van der Waals surface area contributed by atoms with Gasteiger partial charge in [0.25, 0.3) is 0 Å². The number of aliphatic imine (C=N–C) groups is 1. The third-order valence-corrected chi connectivity index (χ3v) is 2.98. The number of anilines is 1. The molecule has 1 heterocycles. The minimum absolute atomic E-state index is 0.260. The molecule has 0 fully saturated rings. The van der Waals surface area contributed by atoms with Gasteiger partial charge in [0.1, 0.15) is 17.2 Å². The zero-order chi connectivity index (χ0) is 16.9. The van der Waals surface area contributed by atoms with Crippen LogP contribution in [0.15, 0.2) is 47.6 Å². The van der Waals surface area contributed by atoms with Crippen LogP contribution in [0, 0.1) is 6.92 Å². The van der Waals surface area contributed by atoms with E-state index in [0.717, 1.165) is 16.9 Å². The monoisotopic (exact) mass is 312 g/mol. The first-order chi connectivity index (χ1) is 10.8. The van der Waals surface area contributed by atoms with E-state index in [-0.39, 0.29) is 5.60 Å². The van der Waals surface area contributed by atoms with Gasteiger partial charge in [-0.2, -0.15) is 0 Å². The van der Waals surface area contributed by atoms with Crippen LogP contribution in [0.2, 0.25) is 0 Å². The van der Waals surface area contributed by atoms with Crippen molar-refractivity contribution in [2.24, 2.45) is 10.7 Å². The van der Waals surface area contributed by atoms with Gasteiger partial charge in [0.2, 0.25) is 0 Å². The molecule has 0 aliphatic heterocycles. The summed E-state index contributed by atoms with van der Waals surface area (Å²) < 4.78 is 6.02. The van der Waals surface area contributed by atoms with Gasteiger partial charge < -0.3 is 15.8 Å². The predicted octanol–water partition coefficient (Wildman–Crippen LogP) is 3.49. The molecule has 0 spiro atoms. The van der Waals surface area contributed by atoms with Crippen LogP contribution in [0.1, 0.15) is 31.9 Å². The number of pyridine rings is 1. The Balaban J connectivity index is 2.11.